The Balaban J connectivity index is 1.65. The zero-order valence-corrected chi connectivity index (χ0v) is 17.9. The quantitative estimate of drug-likeness (QED) is 0.274. The summed E-state index contributed by atoms with van der Waals surface area (Å²) >= 11 is 0. The van der Waals surface area contributed by atoms with Gasteiger partial charge >= 0.3 is 11.3 Å². The standard InChI is InChI=1S/C22H18O6S2/c1-3-25-15-9-5-7-13-11-17(21(23)27-19(13)15)29-30-18-12-14-8-6-10-16(26-4-2)20(14)28-22(18)24/h5-12H,3-4H2,1-2H3. The Hall–Kier alpha value is -2.84. The summed E-state index contributed by atoms with van der Waals surface area (Å²) in [4.78, 5) is 25.7. The molecule has 0 fully saturated rings. The Morgan fingerprint density at radius 2 is 1.17 bits per heavy atom. The summed E-state index contributed by atoms with van der Waals surface area (Å²) < 4.78 is 22.0. The molecule has 30 heavy (non-hydrogen) atoms. The first-order valence-electron chi connectivity index (χ1n) is 9.34. The number of benzene rings is 2. The second kappa shape index (κ2) is 8.89. The summed E-state index contributed by atoms with van der Waals surface area (Å²) in [5.74, 6) is 1.05. The topological polar surface area (TPSA) is 78.9 Å². The fourth-order valence-corrected chi connectivity index (χ4v) is 4.93. The highest BCUT2D eigenvalue weighted by molar-refractivity contribution is 8.76. The molecule has 4 rings (SSSR count). The maximum Gasteiger partial charge on any atom is 0.351 e. The number of fused-ring (bicyclic) bond motifs is 2. The zero-order chi connectivity index (χ0) is 21.1. The van der Waals surface area contributed by atoms with Gasteiger partial charge in [-0.15, -0.1) is 0 Å². The molecule has 0 radical (unpaired) electrons. The lowest BCUT2D eigenvalue weighted by Gasteiger charge is -2.08. The van der Waals surface area contributed by atoms with E-state index in [1.807, 2.05) is 38.1 Å². The number of para-hydroxylation sites is 2. The van der Waals surface area contributed by atoms with Crippen molar-refractivity contribution in [2.75, 3.05) is 13.2 Å². The summed E-state index contributed by atoms with van der Waals surface area (Å²) in [5, 5.41) is 1.49. The fourth-order valence-electron chi connectivity index (χ4n) is 2.94. The molecule has 2 aromatic heterocycles. The molecule has 0 spiro atoms. The molecular formula is C22H18O6S2. The minimum atomic E-state index is -0.490. The van der Waals surface area contributed by atoms with Crippen LogP contribution in [-0.4, -0.2) is 13.2 Å². The van der Waals surface area contributed by atoms with Crippen molar-refractivity contribution in [1.82, 2.24) is 0 Å². The fraction of sp³-hybridized carbons (Fsp3) is 0.182. The molecule has 0 aliphatic carbocycles. The molecule has 6 nitrogen and oxygen atoms in total. The van der Waals surface area contributed by atoms with Gasteiger partial charge in [-0.3, -0.25) is 0 Å². The molecule has 0 atom stereocenters. The van der Waals surface area contributed by atoms with Crippen LogP contribution in [0.2, 0.25) is 0 Å². The lowest BCUT2D eigenvalue weighted by Crippen LogP contribution is -2.04. The minimum Gasteiger partial charge on any atom is -0.490 e. The van der Waals surface area contributed by atoms with Crippen LogP contribution in [0.5, 0.6) is 11.5 Å². The van der Waals surface area contributed by atoms with Crippen molar-refractivity contribution >= 4 is 43.5 Å². The van der Waals surface area contributed by atoms with Gasteiger partial charge in [-0.25, -0.2) is 9.59 Å². The van der Waals surface area contributed by atoms with E-state index in [9.17, 15) is 9.59 Å². The second-order valence-electron chi connectivity index (χ2n) is 6.18. The van der Waals surface area contributed by atoms with Gasteiger partial charge in [0.2, 0.25) is 0 Å². The van der Waals surface area contributed by atoms with Crippen LogP contribution in [0.1, 0.15) is 13.8 Å². The van der Waals surface area contributed by atoms with Crippen LogP contribution in [0, 0.1) is 0 Å². The molecule has 0 aliphatic rings. The van der Waals surface area contributed by atoms with Crippen LogP contribution < -0.4 is 20.7 Å². The molecule has 0 amide bonds. The maximum atomic E-state index is 12.5. The Labute approximate surface area is 179 Å². The van der Waals surface area contributed by atoms with Gasteiger partial charge in [0.15, 0.2) is 22.7 Å². The van der Waals surface area contributed by atoms with Crippen LogP contribution >= 0.6 is 21.6 Å². The number of hydrogen-bond acceptors (Lipinski definition) is 8. The van der Waals surface area contributed by atoms with Crippen LogP contribution in [0.25, 0.3) is 21.9 Å². The lowest BCUT2D eigenvalue weighted by atomic mass is 10.2. The molecule has 0 bridgehead atoms. The van der Waals surface area contributed by atoms with Crippen molar-refractivity contribution in [3.63, 3.8) is 0 Å². The van der Waals surface area contributed by atoms with Crippen molar-refractivity contribution < 1.29 is 18.3 Å². The van der Waals surface area contributed by atoms with E-state index in [4.69, 9.17) is 18.3 Å². The monoisotopic (exact) mass is 442 g/mol. The van der Waals surface area contributed by atoms with E-state index in [1.54, 1.807) is 24.3 Å². The zero-order valence-electron chi connectivity index (χ0n) is 16.3. The highest BCUT2D eigenvalue weighted by Gasteiger charge is 2.14. The maximum absolute atomic E-state index is 12.5. The highest BCUT2D eigenvalue weighted by atomic mass is 33.1. The third-order valence-corrected chi connectivity index (χ3v) is 6.54. The molecule has 2 aromatic carbocycles. The van der Waals surface area contributed by atoms with Gasteiger partial charge in [0.05, 0.1) is 13.2 Å². The molecule has 0 aliphatic heterocycles. The van der Waals surface area contributed by atoms with E-state index in [2.05, 4.69) is 0 Å². The summed E-state index contributed by atoms with van der Waals surface area (Å²) in [6, 6.07) is 14.3. The summed E-state index contributed by atoms with van der Waals surface area (Å²) in [7, 11) is 2.30. The summed E-state index contributed by atoms with van der Waals surface area (Å²) in [5.41, 5.74) is -0.160. The van der Waals surface area contributed by atoms with Crippen LogP contribution in [0.4, 0.5) is 0 Å². The Kier molecular flexibility index (Phi) is 6.06. The predicted octanol–water partition coefficient (Wildman–Crippen LogP) is 5.50. The largest absolute Gasteiger partial charge is 0.490 e. The third kappa shape index (κ3) is 4.06. The van der Waals surface area contributed by atoms with E-state index >= 15 is 0 Å². The SMILES string of the molecule is CCOc1cccc2cc(SSc3cc4cccc(OCC)c4oc3=O)c(=O)oc12. The first-order valence-corrected chi connectivity index (χ1v) is 11.5. The van der Waals surface area contributed by atoms with Crippen molar-refractivity contribution in [2.45, 2.75) is 23.6 Å². The van der Waals surface area contributed by atoms with Crippen molar-refractivity contribution in [1.29, 1.82) is 0 Å². The molecule has 0 unspecified atom stereocenters. The molecule has 0 N–H and O–H groups in total. The number of ether oxygens (including phenoxy) is 2. The van der Waals surface area contributed by atoms with Crippen molar-refractivity contribution in [3.8, 4) is 11.5 Å². The van der Waals surface area contributed by atoms with Gasteiger partial charge in [-0.2, -0.15) is 0 Å². The van der Waals surface area contributed by atoms with E-state index in [0.717, 1.165) is 32.4 Å². The van der Waals surface area contributed by atoms with Crippen molar-refractivity contribution in [3.05, 3.63) is 69.4 Å². The van der Waals surface area contributed by atoms with Gasteiger partial charge in [0, 0.05) is 10.8 Å². The number of rotatable bonds is 7. The molecule has 4 aromatic rings. The van der Waals surface area contributed by atoms with Crippen LogP contribution in [0.3, 0.4) is 0 Å². The van der Waals surface area contributed by atoms with Gasteiger partial charge in [0.25, 0.3) is 0 Å². The first kappa shape index (κ1) is 20.4. The van der Waals surface area contributed by atoms with E-state index in [1.165, 1.54) is 0 Å². The van der Waals surface area contributed by atoms with E-state index < -0.39 is 11.3 Å². The molecule has 0 saturated carbocycles. The Morgan fingerprint density at radius 1 is 0.733 bits per heavy atom. The molecule has 154 valence electrons. The van der Waals surface area contributed by atoms with E-state index in [-0.39, 0.29) is 0 Å². The van der Waals surface area contributed by atoms with Gasteiger partial charge < -0.3 is 18.3 Å². The molecule has 8 heteroatoms. The summed E-state index contributed by atoms with van der Waals surface area (Å²) in [6.07, 6.45) is 0. The smallest absolute Gasteiger partial charge is 0.351 e. The predicted molar refractivity (Wildman–Crippen MR) is 119 cm³/mol. The molecule has 0 saturated heterocycles. The summed E-state index contributed by atoms with van der Waals surface area (Å²) in [6.45, 7) is 4.67. The van der Waals surface area contributed by atoms with Crippen molar-refractivity contribution in [2.24, 2.45) is 0 Å². The van der Waals surface area contributed by atoms with Gasteiger partial charge in [-0.05, 0) is 59.7 Å². The Bertz CT molecular complexity index is 1220. The van der Waals surface area contributed by atoms with E-state index in [0.29, 0.717) is 45.7 Å². The normalized spacial score (nSPS) is 11.1. The first-order chi connectivity index (χ1) is 14.6. The van der Waals surface area contributed by atoms with Gasteiger partial charge in [-0.1, -0.05) is 24.3 Å². The van der Waals surface area contributed by atoms with Crippen LogP contribution in [0.15, 0.2) is 76.7 Å². The third-order valence-electron chi connectivity index (χ3n) is 4.20. The average Bonchev–Trinajstić information content (AvgIpc) is 2.74. The van der Waals surface area contributed by atoms with Gasteiger partial charge in [0.1, 0.15) is 9.79 Å². The Morgan fingerprint density at radius 3 is 1.57 bits per heavy atom. The average molecular weight is 443 g/mol. The lowest BCUT2D eigenvalue weighted by molar-refractivity contribution is 0.336. The molecular weight excluding hydrogens is 424 g/mol. The van der Waals surface area contributed by atoms with Crippen LogP contribution in [-0.2, 0) is 0 Å². The highest BCUT2D eigenvalue weighted by Crippen LogP contribution is 2.37. The molecule has 2 heterocycles. The number of hydrogen-bond donors (Lipinski definition) is 0. The minimum absolute atomic E-state index is 0.378. The second-order valence-corrected chi connectivity index (χ2v) is 8.39.